The summed E-state index contributed by atoms with van der Waals surface area (Å²) in [4.78, 5) is 11.0. The summed E-state index contributed by atoms with van der Waals surface area (Å²) in [7, 11) is 0. The summed E-state index contributed by atoms with van der Waals surface area (Å²) in [5.74, 6) is 2.87. The first-order chi connectivity index (χ1) is 14.3. The molecule has 148 valence electrons. The molecular formula is C21H21N5O3. The molecule has 8 heteroatoms. The number of nitrogens with zero attached hydrogens (tertiary/aromatic N) is 3. The molecule has 29 heavy (non-hydrogen) atoms. The maximum absolute atomic E-state index is 5.47. The first-order valence-electron chi connectivity index (χ1n) is 9.53. The van der Waals surface area contributed by atoms with E-state index in [-0.39, 0.29) is 6.79 Å². The third-order valence-corrected chi connectivity index (χ3v) is 4.83. The van der Waals surface area contributed by atoms with E-state index in [0.717, 1.165) is 54.9 Å². The van der Waals surface area contributed by atoms with E-state index in [4.69, 9.17) is 14.2 Å². The molecule has 8 nitrogen and oxygen atoms in total. The maximum Gasteiger partial charge on any atom is 0.231 e. The molecule has 0 unspecified atom stereocenters. The van der Waals surface area contributed by atoms with Gasteiger partial charge in [0.2, 0.25) is 6.79 Å². The number of para-hydroxylation sites is 2. The van der Waals surface area contributed by atoms with Crippen molar-refractivity contribution in [1.29, 1.82) is 0 Å². The SMILES string of the molecule is c1ccc(N2CCOCC2)c(Nc2cc(Nc3ccc4c(c3)OCO4)ncn2)c1. The molecule has 0 atom stereocenters. The highest BCUT2D eigenvalue weighted by molar-refractivity contribution is 5.75. The molecule has 0 radical (unpaired) electrons. The lowest BCUT2D eigenvalue weighted by Gasteiger charge is -2.30. The molecule has 1 aromatic heterocycles. The number of ether oxygens (including phenoxy) is 3. The zero-order valence-corrected chi connectivity index (χ0v) is 15.8. The van der Waals surface area contributed by atoms with E-state index in [9.17, 15) is 0 Å². The molecule has 0 saturated carbocycles. The summed E-state index contributed by atoms with van der Waals surface area (Å²) in [6.07, 6.45) is 1.54. The zero-order chi connectivity index (χ0) is 19.5. The summed E-state index contributed by atoms with van der Waals surface area (Å²) >= 11 is 0. The molecule has 2 aromatic carbocycles. The lowest BCUT2D eigenvalue weighted by Crippen LogP contribution is -2.36. The number of fused-ring (bicyclic) bond motifs is 1. The van der Waals surface area contributed by atoms with Gasteiger partial charge in [0.15, 0.2) is 11.5 Å². The molecule has 5 rings (SSSR count). The van der Waals surface area contributed by atoms with E-state index >= 15 is 0 Å². The molecule has 2 aliphatic rings. The van der Waals surface area contributed by atoms with E-state index in [0.29, 0.717) is 11.6 Å². The summed E-state index contributed by atoms with van der Waals surface area (Å²) in [5.41, 5.74) is 3.01. The zero-order valence-electron chi connectivity index (χ0n) is 15.8. The van der Waals surface area contributed by atoms with Gasteiger partial charge in [0, 0.05) is 30.9 Å². The molecule has 3 heterocycles. The molecule has 0 amide bonds. The summed E-state index contributed by atoms with van der Waals surface area (Å²) < 4.78 is 16.3. The smallest absolute Gasteiger partial charge is 0.231 e. The number of hydrogen-bond donors (Lipinski definition) is 2. The number of aromatic nitrogens is 2. The number of morpholine rings is 1. The molecule has 0 bridgehead atoms. The van der Waals surface area contributed by atoms with Gasteiger partial charge in [-0.1, -0.05) is 12.1 Å². The van der Waals surface area contributed by atoms with Gasteiger partial charge in [-0.15, -0.1) is 0 Å². The fourth-order valence-corrected chi connectivity index (χ4v) is 3.41. The molecule has 0 aliphatic carbocycles. The Balaban J connectivity index is 1.34. The monoisotopic (exact) mass is 391 g/mol. The van der Waals surface area contributed by atoms with Crippen LogP contribution in [0.2, 0.25) is 0 Å². The molecular weight excluding hydrogens is 370 g/mol. The van der Waals surface area contributed by atoms with Crippen LogP contribution in [-0.4, -0.2) is 43.1 Å². The molecule has 3 aromatic rings. The first-order valence-corrected chi connectivity index (χ1v) is 9.53. The van der Waals surface area contributed by atoms with Crippen LogP contribution in [0, 0.1) is 0 Å². The van der Waals surface area contributed by atoms with Gasteiger partial charge in [-0.2, -0.15) is 0 Å². The minimum atomic E-state index is 0.253. The second kappa shape index (κ2) is 7.84. The van der Waals surface area contributed by atoms with Gasteiger partial charge in [-0.05, 0) is 24.3 Å². The minimum Gasteiger partial charge on any atom is -0.454 e. The van der Waals surface area contributed by atoms with Crippen molar-refractivity contribution < 1.29 is 14.2 Å². The topological polar surface area (TPSA) is 80.8 Å². The van der Waals surface area contributed by atoms with Gasteiger partial charge in [0.25, 0.3) is 0 Å². The van der Waals surface area contributed by atoms with Gasteiger partial charge in [-0.25, -0.2) is 9.97 Å². The second-order valence-corrected chi connectivity index (χ2v) is 6.72. The number of anilines is 5. The summed E-state index contributed by atoms with van der Waals surface area (Å²) in [6.45, 7) is 3.48. The minimum absolute atomic E-state index is 0.253. The van der Waals surface area contributed by atoms with Crippen LogP contribution in [0.15, 0.2) is 54.9 Å². The lowest BCUT2D eigenvalue weighted by molar-refractivity contribution is 0.123. The highest BCUT2D eigenvalue weighted by Gasteiger charge is 2.16. The van der Waals surface area contributed by atoms with Crippen molar-refractivity contribution in [1.82, 2.24) is 9.97 Å². The second-order valence-electron chi connectivity index (χ2n) is 6.72. The van der Waals surface area contributed by atoms with Crippen molar-refractivity contribution >= 4 is 28.7 Å². The fraction of sp³-hybridized carbons (Fsp3) is 0.238. The van der Waals surface area contributed by atoms with E-state index in [1.54, 1.807) is 0 Å². The first kappa shape index (κ1) is 17.6. The van der Waals surface area contributed by atoms with Crippen molar-refractivity contribution in [2.45, 2.75) is 0 Å². The van der Waals surface area contributed by atoms with E-state index < -0.39 is 0 Å². The quantitative estimate of drug-likeness (QED) is 0.684. The van der Waals surface area contributed by atoms with Gasteiger partial charge >= 0.3 is 0 Å². The standard InChI is InChI=1S/C21H21N5O3/c1-2-4-17(26-7-9-27-10-8-26)16(3-1)25-21-12-20(22-13-23-21)24-15-5-6-18-19(11-15)29-14-28-18/h1-6,11-13H,7-10,14H2,(H2,22,23,24,25). The highest BCUT2D eigenvalue weighted by atomic mass is 16.7. The van der Waals surface area contributed by atoms with Crippen LogP contribution in [0.1, 0.15) is 0 Å². The molecule has 2 aliphatic heterocycles. The molecule has 0 spiro atoms. The Bertz CT molecular complexity index is 1010. The number of nitrogens with one attached hydrogen (secondary N) is 2. The lowest BCUT2D eigenvalue weighted by atomic mass is 10.2. The van der Waals surface area contributed by atoms with Crippen molar-refractivity contribution in [2.24, 2.45) is 0 Å². The van der Waals surface area contributed by atoms with E-state index in [1.165, 1.54) is 6.33 Å². The predicted molar refractivity (Wildman–Crippen MR) is 111 cm³/mol. The Labute approximate surface area is 168 Å². The van der Waals surface area contributed by atoms with Crippen LogP contribution in [0.5, 0.6) is 11.5 Å². The Hall–Kier alpha value is -3.52. The average Bonchev–Trinajstić information content (AvgIpc) is 3.23. The summed E-state index contributed by atoms with van der Waals surface area (Å²) in [6, 6.07) is 15.8. The highest BCUT2D eigenvalue weighted by Crippen LogP contribution is 2.35. The Morgan fingerprint density at radius 1 is 0.828 bits per heavy atom. The predicted octanol–water partition coefficient (Wildman–Crippen LogP) is 3.53. The number of hydrogen-bond acceptors (Lipinski definition) is 8. The van der Waals surface area contributed by atoms with Crippen molar-refractivity contribution in [2.75, 3.05) is 48.6 Å². The third-order valence-electron chi connectivity index (χ3n) is 4.83. The Kier molecular flexibility index (Phi) is 4.75. The Morgan fingerprint density at radius 2 is 1.62 bits per heavy atom. The third kappa shape index (κ3) is 3.88. The molecule has 1 saturated heterocycles. The van der Waals surface area contributed by atoms with Crippen LogP contribution in [0.4, 0.5) is 28.7 Å². The normalized spacial score (nSPS) is 15.2. The number of benzene rings is 2. The van der Waals surface area contributed by atoms with Crippen molar-refractivity contribution in [3.8, 4) is 11.5 Å². The number of rotatable bonds is 5. The van der Waals surface area contributed by atoms with E-state index in [1.807, 2.05) is 36.4 Å². The average molecular weight is 391 g/mol. The van der Waals surface area contributed by atoms with Crippen LogP contribution >= 0.6 is 0 Å². The van der Waals surface area contributed by atoms with Crippen LogP contribution in [-0.2, 0) is 4.74 Å². The van der Waals surface area contributed by atoms with Crippen LogP contribution in [0.3, 0.4) is 0 Å². The van der Waals surface area contributed by atoms with Gasteiger partial charge < -0.3 is 29.7 Å². The fourth-order valence-electron chi connectivity index (χ4n) is 3.41. The summed E-state index contributed by atoms with van der Waals surface area (Å²) in [5, 5.41) is 6.70. The maximum atomic E-state index is 5.47. The van der Waals surface area contributed by atoms with Crippen molar-refractivity contribution in [3.05, 3.63) is 54.9 Å². The molecule has 2 N–H and O–H groups in total. The van der Waals surface area contributed by atoms with E-state index in [2.05, 4.69) is 37.6 Å². The van der Waals surface area contributed by atoms with Crippen LogP contribution in [0.25, 0.3) is 0 Å². The van der Waals surface area contributed by atoms with Crippen LogP contribution < -0.4 is 25.0 Å². The van der Waals surface area contributed by atoms with Gasteiger partial charge in [0.1, 0.15) is 18.0 Å². The van der Waals surface area contributed by atoms with Gasteiger partial charge in [-0.3, -0.25) is 0 Å². The van der Waals surface area contributed by atoms with Crippen molar-refractivity contribution in [3.63, 3.8) is 0 Å². The van der Waals surface area contributed by atoms with Gasteiger partial charge in [0.05, 0.1) is 24.6 Å². The molecule has 1 fully saturated rings. The largest absolute Gasteiger partial charge is 0.454 e. The Morgan fingerprint density at radius 3 is 2.52 bits per heavy atom.